The van der Waals surface area contributed by atoms with Crippen LogP contribution in [0.1, 0.15) is 20.7 Å². The van der Waals surface area contributed by atoms with Gasteiger partial charge in [-0.3, -0.25) is 9.59 Å². The van der Waals surface area contributed by atoms with Crippen molar-refractivity contribution in [1.29, 1.82) is 0 Å². The lowest BCUT2D eigenvalue weighted by Crippen LogP contribution is -2.18. The van der Waals surface area contributed by atoms with Gasteiger partial charge in [-0.25, -0.2) is 4.98 Å². The zero-order valence-electron chi connectivity index (χ0n) is 12.6. The van der Waals surface area contributed by atoms with E-state index in [1.54, 1.807) is 37.4 Å². The van der Waals surface area contributed by atoms with Crippen LogP contribution in [0.15, 0.2) is 42.6 Å². The molecule has 0 bridgehead atoms. The van der Waals surface area contributed by atoms with Gasteiger partial charge in [-0.15, -0.1) is 0 Å². The van der Waals surface area contributed by atoms with Gasteiger partial charge in [-0.1, -0.05) is 12.1 Å². The zero-order valence-corrected chi connectivity index (χ0v) is 12.6. The average Bonchev–Trinajstić information content (AvgIpc) is 2.55. The molecule has 7 nitrogen and oxygen atoms in total. The van der Waals surface area contributed by atoms with Crippen LogP contribution in [0, 0.1) is 0 Å². The van der Waals surface area contributed by atoms with Gasteiger partial charge < -0.3 is 20.5 Å². The summed E-state index contributed by atoms with van der Waals surface area (Å²) < 4.78 is 10.2. The van der Waals surface area contributed by atoms with Crippen LogP contribution >= 0.6 is 0 Å². The average molecular weight is 315 g/mol. The first-order valence-electron chi connectivity index (χ1n) is 6.90. The normalized spacial score (nSPS) is 10.1. The molecule has 0 unspecified atom stereocenters. The Morgan fingerprint density at radius 3 is 2.74 bits per heavy atom. The van der Waals surface area contributed by atoms with Gasteiger partial charge >= 0.3 is 0 Å². The van der Waals surface area contributed by atoms with Crippen LogP contribution in [0.4, 0.5) is 5.69 Å². The Hall–Kier alpha value is -2.93. The summed E-state index contributed by atoms with van der Waals surface area (Å²) in [5, 5.41) is 2.65. The Morgan fingerprint density at radius 2 is 2.00 bits per heavy atom. The van der Waals surface area contributed by atoms with Crippen molar-refractivity contribution in [2.45, 2.75) is 0 Å². The zero-order chi connectivity index (χ0) is 16.7. The van der Waals surface area contributed by atoms with Crippen molar-refractivity contribution in [3.63, 3.8) is 0 Å². The fraction of sp³-hybridized carbons (Fsp3) is 0.188. The summed E-state index contributed by atoms with van der Waals surface area (Å²) in [7, 11) is 1.57. The summed E-state index contributed by atoms with van der Waals surface area (Å²) in [6, 6.07) is 9.58. The predicted molar refractivity (Wildman–Crippen MR) is 84.5 cm³/mol. The number of nitrogens with zero attached hydrogens (tertiary/aromatic N) is 1. The SMILES string of the molecule is COCCOc1cc(C(=O)Nc2ccccc2C(N)=O)ccn1. The highest BCUT2D eigenvalue weighted by atomic mass is 16.5. The number of methoxy groups -OCH3 is 1. The Labute approximate surface area is 133 Å². The minimum absolute atomic E-state index is 0.242. The highest BCUT2D eigenvalue weighted by Crippen LogP contribution is 2.17. The summed E-state index contributed by atoms with van der Waals surface area (Å²) >= 11 is 0. The van der Waals surface area contributed by atoms with Gasteiger partial charge in [0.1, 0.15) is 6.61 Å². The highest BCUT2D eigenvalue weighted by molar-refractivity contribution is 6.08. The van der Waals surface area contributed by atoms with Crippen LogP contribution in [0.3, 0.4) is 0 Å². The maximum atomic E-state index is 12.3. The number of hydrogen-bond acceptors (Lipinski definition) is 5. The second-order valence-electron chi connectivity index (χ2n) is 4.59. The number of nitrogens with one attached hydrogen (secondary N) is 1. The van der Waals surface area contributed by atoms with Gasteiger partial charge in [0.25, 0.3) is 11.8 Å². The fourth-order valence-electron chi connectivity index (χ4n) is 1.86. The predicted octanol–water partition coefficient (Wildman–Crippen LogP) is 1.46. The van der Waals surface area contributed by atoms with E-state index in [1.807, 2.05) is 0 Å². The standard InChI is InChI=1S/C16H17N3O4/c1-22-8-9-23-14-10-11(6-7-18-14)16(21)19-13-5-3-2-4-12(13)15(17)20/h2-7,10H,8-9H2,1H3,(H2,17,20)(H,19,21). The van der Waals surface area contributed by atoms with E-state index >= 15 is 0 Å². The molecule has 120 valence electrons. The Kier molecular flexibility index (Phi) is 5.65. The van der Waals surface area contributed by atoms with Gasteiger partial charge in [0, 0.05) is 24.9 Å². The van der Waals surface area contributed by atoms with Gasteiger partial charge in [0.15, 0.2) is 0 Å². The number of aromatic nitrogens is 1. The number of nitrogens with two attached hydrogens (primary N) is 1. The molecule has 2 amide bonds. The molecule has 1 aromatic carbocycles. The number of rotatable bonds is 7. The number of benzene rings is 1. The van der Waals surface area contributed by atoms with Crippen molar-refractivity contribution in [3.8, 4) is 5.88 Å². The monoisotopic (exact) mass is 315 g/mol. The Morgan fingerprint density at radius 1 is 1.22 bits per heavy atom. The molecular weight excluding hydrogens is 298 g/mol. The summed E-state index contributed by atoms with van der Waals surface area (Å²) in [5.41, 5.74) is 6.24. The number of hydrogen-bond donors (Lipinski definition) is 2. The van der Waals surface area contributed by atoms with Crippen molar-refractivity contribution in [3.05, 3.63) is 53.7 Å². The van der Waals surface area contributed by atoms with Crippen LogP contribution < -0.4 is 15.8 Å². The molecule has 23 heavy (non-hydrogen) atoms. The third-order valence-electron chi connectivity index (χ3n) is 2.98. The van der Waals surface area contributed by atoms with Crippen molar-refractivity contribution in [2.75, 3.05) is 25.6 Å². The maximum absolute atomic E-state index is 12.3. The summed E-state index contributed by atoms with van der Waals surface area (Å²) in [4.78, 5) is 27.7. The molecule has 0 saturated carbocycles. The maximum Gasteiger partial charge on any atom is 0.255 e. The van der Waals surface area contributed by atoms with Gasteiger partial charge in [0.05, 0.1) is 17.9 Å². The van der Waals surface area contributed by atoms with E-state index in [4.69, 9.17) is 15.2 Å². The lowest BCUT2D eigenvalue weighted by molar-refractivity contribution is 0.100. The molecule has 3 N–H and O–H groups in total. The molecule has 1 heterocycles. The molecule has 0 radical (unpaired) electrons. The van der Waals surface area contributed by atoms with E-state index in [0.29, 0.717) is 30.3 Å². The molecule has 0 fully saturated rings. The van der Waals surface area contributed by atoms with Gasteiger partial charge in [-0.05, 0) is 18.2 Å². The van der Waals surface area contributed by atoms with Crippen LogP contribution in [-0.4, -0.2) is 37.1 Å². The molecule has 7 heteroatoms. The van der Waals surface area contributed by atoms with Crippen LogP contribution in [-0.2, 0) is 4.74 Å². The molecular formula is C16H17N3O4. The number of primary amides is 1. The molecule has 0 aliphatic rings. The number of carbonyl (C=O) groups excluding carboxylic acids is 2. The van der Waals surface area contributed by atoms with Crippen molar-refractivity contribution < 1.29 is 19.1 Å². The lowest BCUT2D eigenvalue weighted by Gasteiger charge is -2.10. The number of para-hydroxylation sites is 1. The van der Waals surface area contributed by atoms with Crippen LogP contribution in [0.5, 0.6) is 5.88 Å². The first-order valence-corrected chi connectivity index (χ1v) is 6.90. The third-order valence-corrected chi connectivity index (χ3v) is 2.98. The molecule has 0 atom stereocenters. The van der Waals surface area contributed by atoms with E-state index in [2.05, 4.69) is 10.3 Å². The minimum Gasteiger partial charge on any atom is -0.475 e. The first kappa shape index (κ1) is 16.4. The molecule has 2 rings (SSSR count). The third kappa shape index (κ3) is 4.52. The van der Waals surface area contributed by atoms with Crippen LogP contribution in [0.25, 0.3) is 0 Å². The molecule has 1 aromatic heterocycles. The quantitative estimate of drug-likeness (QED) is 0.753. The lowest BCUT2D eigenvalue weighted by atomic mass is 10.1. The topological polar surface area (TPSA) is 104 Å². The second kappa shape index (κ2) is 7.90. The second-order valence-corrected chi connectivity index (χ2v) is 4.59. The number of amides is 2. The van der Waals surface area contributed by atoms with E-state index in [9.17, 15) is 9.59 Å². The van der Waals surface area contributed by atoms with Crippen LogP contribution in [0.2, 0.25) is 0 Å². The first-order chi connectivity index (χ1) is 11.1. The number of ether oxygens (including phenoxy) is 2. The van der Waals surface area contributed by atoms with Crippen molar-refractivity contribution in [2.24, 2.45) is 5.73 Å². The fourth-order valence-corrected chi connectivity index (χ4v) is 1.86. The number of anilines is 1. The molecule has 0 saturated heterocycles. The molecule has 0 aliphatic carbocycles. The Bertz CT molecular complexity index is 703. The van der Waals surface area contributed by atoms with Crippen molar-refractivity contribution in [1.82, 2.24) is 4.98 Å². The smallest absolute Gasteiger partial charge is 0.255 e. The van der Waals surface area contributed by atoms with Gasteiger partial charge in [-0.2, -0.15) is 0 Å². The largest absolute Gasteiger partial charge is 0.475 e. The summed E-state index contributed by atoms with van der Waals surface area (Å²) in [6.45, 7) is 0.753. The van der Waals surface area contributed by atoms with Crippen molar-refractivity contribution >= 4 is 17.5 Å². The summed E-state index contributed by atoms with van der Waals surface area (Å²) in [5.74, 6) is -0.685. The van der Waals surface area contributed by atoms with E-state index in [0.717, 1.165) is 0 Å². The summed E-state index contributed by atoms with van der Waals surface area (Å²) in [6.07, 6.45) is 1.47. The highest BCUT2D eigenvalue weighted by Gasteiger charge is 2.12. The minimum atomic E-state index is -0.612. The number of carbonyl (C=O) groups is 2. The Balaban J connectivity index is 2.12. The molecule has 0 aliphatic heterocycles. The number of pyridine rings is 1. The van der Waals surface area contributed by atoms with E-state index < -0.39 is 11.8 Å². The molecule has 0 spiro atoms. The van der Waals surface area contributed by atoms with E-state index in [1.165, 1.54) is 12.3 Å². The van der Waals surface area contributed by atoms with Gasteiger partial charge in [0.2, 0.25) is 5.88 Å². The molecule has 2 aromatic rings. The van der Waals surface area contributed by atoms with E-state index in [-0.39, 0.29) is 5.56 Å².